The van der Waals surface area contributed by atoms with E-state index in [0.717, 1.165) is 35.3 Å². The highest BCUT2D eigenvalue weighted by atomic mass is 32.1. The summed E-state index contributed by atoms with van der Waals surface area (Å²) in [6.45, 7) is 4.35. The molecule has 21 heavy (non-hydrogen) atoms. The second kappa shape index (κ2) is 6.51. The Labute approximate surface area is 131 Å². The Balaban J connectivity index is 1.56. The van der Waals surface area contributed by atoms with Crippen LogP contribution in [0.25, 0.3) is 10.2 Å². The van der Waals surface area contributed by atoms with Crippen LogP contribution in [0.3, 0.4) is 0 Å². The molecule has 0 aliphatic carbocycles. The standard InChI is InChI=1S/C15H17N3OS2/c1-11-8-21-14-13(11)17-10-18(15(14)19)6-5-16-4-2-12-3-7-20-9-12/h3,7-10,16H,2,4-6H2,1H3. The first-order valence-corrected chi connectivity index (χ1v) is 8.73. The average molecular weight is 319 g/mol. The van der Waals surface area contributed by atoms with Crippen molar-refractivity contribution in [3.8, 4) is 0 Å². The van der Waals surface area contributed by atoms with Gasteiger partial charge in [-0.05, 0) is 53.2 Å². The number of aryl methyl sites for hydroxylation is 1. The zero-order valence-electron chi connectivity index (χ0n) is 11.8. The summed E-state index contributed by atoms with van der Waals surface area (Å²) < 4.78 is 2.45. The summed E-state index contributed by atoms with van der Waals surface area (Å²) in [6, 6.07) is 2.15. The number of rotatable bonds is 6. The summed E-state index contributed by atoms with van der Waals surface area (Å²) in [7, 11) is 0. The van der Waals surface area contributed by atoms with E-state index in [1.54, 1.807) is 22.2 Å². The van der Waals surface area contributed by atoms with Crippen molar-refractivity contribution in [2.75, 3.05) is 13.1 Å². The largest absolute Gasteiger partial charge is 0.315 e. The van der Waals surface area contributed by atoms with Crippen LogP contribution in [0.4, 0.5) is 0 Å². The predicted octanol–water partition coefficient (Wildman–Crippen LogP) is 2.66. The lowest BCUT2D eigenvalue weighted by molar-refractivity contribution is 0.584. The van der Waals surface area contributed by atoms with Crippen LogP contribution in [-0.4, -0.2) is 22.6 Å². The highest BCUT2D eigenvalue weighted by Crippen LogP contribution is 2.19. The molecule has 0 spiro atoms. The van der Waals surface area contributed by atoms with E-state index in [2.05, 4.69) is 27.1 Å². The number of fused-ring (bicyclic) bond motifs is 1. The molecule has 0 saturated heterocycles. The highest BCUT2D eigenvalue weighted by molar-refractivity contribution is 7.17. The van der Waals surface area contributed by atoms with Gasteiger partial charge in [0.15, 0.2) is 0 Å². The van der Waals surface area contributed by atoms with Crippen molar-refractivity contribution in [2.24, 2.45) is 0 Å². The van der Waals surface area contributed by atoms with E-state index in [1.165, 1.54) is 16.9 Å². The third-order valence-electron chi connectivity index (χ3n) is 3.42. The quantitative estimate of drug-likeness (QED) is 0.711. The van der Waals surface area contributed by atoms with Crippen LogP contribution in [0.5, 0.6) is 0 Å². The Kier molecular flexibility index (Phi) is 4.48. The van der Waals surface area contributed by atoms with Gasteiger partial charge in [0.25, 0.3) is 5.56 Å². The molecule has 0 radical (unpaired) electrons. The molecule has 3 rings (SSSR count). The number of nitrogens with zero attached hydrogens (tertiary/aromatic N) is 2. The maximum Gasteiger partial charge on any atom is 0.271 e. The van der Waals surface area contributed by atoms with Crippen LogP contribution in [0.2, 0.25) is 0 Å². The number of hydrogen-bond donors (Lipinski definition) is 1. The van der Waals surface area contributed by atoms with E-state index >= 15 is 0 Å². The topological polar surface area (TPSA) is 46.9 Å². The van der Waals surface area contributed by atoms with Crippen LogP contribution < -0.4 is 10.9 Å². The van der Waals surface area contributed by atoms with Gasteiger partial charge in [-0.25, -0.2) is 4.98 Å². The first kappa shape index (κ1) is 14.4. The van der Waals surface area contributed by atoms with Crippen LogP contribution in [0.15, 0.2) is 33.3 Å². The van der Waals surface area contributed by atoms with Gasteiger partial charge in [0.2, 0.25) is 0 Å². The minimum Gasteiger partial charge on any atom is -0.315 e. The molecule has 0 atom stereocenters. The Morgan fingerprint density at radius 3 is 3.05 bits per heavy atom. The van der Waals surface area contributed by atoms with Crippen molar-refractivity contribution in [1.82, 2.24) is 14.9 Å². The Hall–Kier alpha value is -1.50. The van der Waals surface area contributed by atoms with Gasteiger partial charge in [0, 0.05) is 13.1 Å². The smallest absolute Gasteiger partial charge is 0.271 e. The minimum absolute atomic E-state index is 0.0673. The second-order valence-electron chi connectivity index (χ2n) is 4.97. The van der Waals surface area contributed by atoms with Gasteiger partial charge >= 0.3 is 0 Å². The summed E-state index contributed by atoms with van der Waals surface area (Å²) in [5.74, 6) is 0. The van der Waals surface area contributed by atoms with Crippen molar-refractivity contribution in [3.63, 3.8) is 0 Å². The Morgan fingerprint density at radius 1 is 1.33 bits per heavy atom. The number of nitrogens with one attached hydrogen (secondary N) is 1. The Morgan fingerprint density at radius 2 is 2.24 bits per heavy atom. The number of aromatic nitrogens is 2. The number of hydrogen-bond acceptors (Lipinski definition) is 5. The fourth-order valence-electron chi connectivity index (χ4n) is 2.21. The van der Waals surface area contributed by atoms with Crippen molar-refractivity contribution in [2.45, 2.75) is 19.9 Å². The first-order chi connectivity index (χ1) is 10.3. The molecule has 0 aliphatic heterocycles. The van der Waals surface area contributed by atoms with Gasteiger partial charge in [-0.15, -0.1) is 11.3 Å². The van der Waals surface area contributed by atoms with Crippen molar-refractivity contribution in [3.05, 3.63) is 50.0 Å². The van der Waals surface area contributed by atoms with Gasteiger partial charge < -0.3 is 5.32 Å². The molecule has 110 valence electrons. The van der Waals surface area contributed by atoms with E-state index in [4.69, 9.17) is 0 Å². The molecule has 0 amide bonds. The molecule has 0 fully saturated rings. The SMILES string of the molecule is Cc1csc2c(=O)n(CCNCCc3ccsc3)cnc12. The minimum atomic E-state index is 0.0673. The molecule has 4 nitrogen and oxygen atoms in total. The molecule has 1 N–H and O–H groups in total. The average Bonchev–Trinajstić information content (AvgIpc) is 3.11. The predicted molar refractivity (Wildman–Crippen MR) is 89.5 cm³/mol. The maximum atomic E-state index is 12.3. The maximum absolute atomic E-state index is 12.3. The fourth-order valence-corrected chi connectivity index (χ4v) is 3.86. The molecular formula is C15H17N3OS2. The van der Waals surface area contributed by atoms with Gasteiger partial charge in [0.05, 0.1) is 11.8 Å². The first-order valence-electron chi connectivity index (χ1n) is 6.91. The van der Waals surface area contributed by atoms with Crippen molar-refractivity contribution < 1.29 is 0 Å². The van der Waals surface area contributed by atoms with Crippen LogP contribution in [-0.2, 0) is 13.0 Å². The molecule has 0 saturated carbocycles. The molecule has 3 heterocycles. The molecule has 0 bridgehead atoms. The zero-order chi connectivity index (χ0) is 14.7. The molecule has 0 aromatic carbocycles. The van der Waals surface area contributed by atoms with E-state index in [9.17, 15) is 4.79 Å². The van der Waals surface area contributed by atoms with Crippen LogP contribution in [0, 0.1) is 6.92 Å². The summed E-state index contributed by atoms with van der Waals surface area (Å²) in [5, 5.41) is 9.63. The van der Waals surface area contributed by atoms with Gasteiger partial charge in [-0.2, -0.15) is 11.3 Å². The normalized spacial score (nSPS) is 11.3. The molecule has 3 aromatic rings. The molecule has 0 unspecified atom stereocenters. The zero-order valence-corrected chi connectivity index (χ0v) is 13.5. The molecule has 0 aliphatic rings. The third-order valence-corrected chi connectivity index (χ3v) is 5.23. The lowest BCUT2D eigenvalue weighted by atomic mass is 10.2. The lowest BCUT2D eigenvalue weighted by Crippen LogP contribution is -2.28. The summed E-state index contributed by atoms with van der Waals surface area (Å²) in [5.41, 5.74) is 3.35. The molecular weight excluding hydrogens is 302 g/mol. The third kappa shape index (κ3) is 3.23. The Bertz CT molecular complexity index is 774. The van der Waals surface area contributed by atoms with Crippen LogP contribution >= 0.6 is 22.7 Å². The van der Waals surface area contributed by atoms with E-state index < -0.39 is 0 Å². The van der Waals surface area contributed by atoms with Gasteiger partial charge in [0.1, 0.15) is 4.70 Å². The fraction of sp³-hybridized carbons (Fsp3) is 0.333. The van der Waals surface area contributed by atoms with Crippen molar-refractivity contribution >= 4 is 32.9 Å². The van der Waals surface area contributed by atoms with Gasteiger partial charge in [-0.1, -0.05) is 0 Å². The summed E-state index contributed by atoms with van der Waals surface area (Å²) in [4.78, 5) is 16.7. The summed E-state index contributed by atoms with van der Waals surface area (Å²) >= 11 is 3.21. The number of thiophene rings is 2. The van der Waals surface area contributed by atoms with E-state index in [0.29, 0.717) is 6.54 Å². The second-order valence-corrected chi connectivity index (χ2v) is 6.63. The monoisotopic (exact) mass is 319 g/mol. The van der Waals surface area contributed by atoms with E-state index in [-0.39, 0.29) is 5.56 Å². The lowest BCUT2D eigenvalue weighted by Gasteiger charge is -2.06. The van der Waals surface area contributed by atoms with Crippen molar-refractivity contribution in [1.29, 1.82) is 0 Å². The summed E-state index contributed by atoms with van der Waals surface area (Å²) in [6.07, 6.45) is 2.69. The van der Waals surface area contributed by atoms with E-state index in [1.807, 2.05) is 12.3 Å². The highest BCUT2D eigenvalue weighted by Gasteiger charge is 2.07. The molecule has 6 heteroatoms. The van der Waals surface area contributed by atoms with Gasteiger partial charge in [-0.3, -0.25) is 9.36 Å². The van der Waals surface area contributed by atoms with Crippen LogP contribution in [0.1, 0.15) is 11.1 Å². The molecule has 3 aromatic heterocycles.